The zero-order valence-electron chi connectivity index (χ0n) is 14.7. The van der Waals surface area contributed by atoms with Crippen LogP contribution in [0.4, 0.5) is 4.39 Å². The molecule has 1 fully saturated rings. The van der Waals surface area contributed by atoms with Gasteiger partial charge in [-0.1, -0.05) is 54.2 Å². The number of hydrogen-bond acceptors (Lipinski definition) is 3. The van der Waals surface area contributed by atoms with Crippen molar-refractivity contribution in [3.8, 4) is 0 Å². The number of carbonyl (C=O) groups is 1. The molecule has 1 heterocycles. The molecule has 0 radical (unpaired) electrons. The molecule has 1 amide bonds. The predicted molar refractivity (Wildman–Crippen MR) is 104 cm³/mol. The molecule has 27 heavy (non-hydrogen) atoms. The lowest BCUT2D eigenvalue weighted by Gasteiger charge is -2.17. The molecule has 0 bridgehead atoms. The average Bonchev–Trinajstić information content (AvgIpc) is 3.39. The van der Waals surface area contributed by atoms with Crippen LogP contribution in [0.2, 0.25) is 0 Å². The molecule has 3 aromatic rings. The Balaban J connectivity index is 1.57. The summed E-state index contributed by atoms with van der Waals surface area (Å²) in [5.74, 6) is -0.362. The molecule has 4 nitrogen and oxygen atoms in total. The molecule has 1 aromatic heterocycles. The Morgan fingerprint density at radius 1 is 1.19 bits per heavy atom. The van der Waals surface area contributed by atoms with Crippen LogP contribution in [0.25, 0.3) is 0 Å². The summed E-state index contributed by atoms with van der Waals surface area (Å²) >= 11 is 1.40. The minimum Gasteiger partial charge on any atom is -0.352 e. The fourth-order valence-electron chi connectivity index (χ4n) is 2.83. The normalized spacial score (nSPS) is 14.7. The van der Waals surface area contributed by atoms with Gasteiger partial charge in [-0.3, -0.25) is 4.79 Å². The predicted octanol–water partition coefficient (Wildman–Crippen LogP) is 4.18. The average molecular weight is 381 g/mol. The first kappa shape index (κ1) is 17.8. The van der Waals surface area contributed by atoms with Gasteiger partial charge in [0.15, 0.2) is 5.16 Å². The van der Waals surface area contributed by atoms with Gasteiger partial charge in [0.1, 0.15) is 11.1 Å². The van der Waals surface area contributed by atoms with Crippen LogP contribution in [0.3, 0.4) is 0 Å². The highest BCUT2D eigenvalue weighted by Gasteiger charge is 2.30. The van der Waals surface area contributed by atoms with E-state index in [2.05, 4.69) is 22.4 Å². The van der Waals surface area contributed by atoms with E-state index < -0.39 is 5.25 Å². The first-order valence-corrected chi connectivity index (χ1v) is 9.84. The van der Waals surface area contributed by atoms with Crippen molar-refractivity contribution in [2.45, 2.75) is 35.8 Å². The lowest BCUT2D eigenvalue weighted by atomic mass is 10.1. The van der Waals surface area contributed by atoms with Crippen LogP contribution in [-0.2, 0) is 11.3 Å². The van der Waals surface area contributed by atoms with E-state index in [0.29, 0.717) is 6.54 Å². The summed E-state index contributed by atoms with van der Waals surface area (Å²) in [6.45, 7) is 0.684. The molecule has 0 aliphatic heterocycles. The van der Waals surface area contributed by atoms with Crippen molar-refractivity contribution in [2.24, 2.45) is 0 Å². The number of carbonyl (C=O) groups excluding carboxylic acids is 1. The topological polar surface area (TPSA) is 46.9 Å². The van der Waals surface area contributed by atoms with Crippen molar-refractivity contribution in [1.29, 1.82) is 0 Å². The van der Waals surface area contributed by atoms with Gasteiger partial charge in [-0.05, 0) is 36.1 Å². The molecule has 1 N–H and O–H groups in total. The Labute approximate surface area is 161 Å². The third-order valence-corrected chi connectivity index (χ3v) is 5.70. The standard InChI is InChI=1S/C21H20FN3OS/c22-17-8-6-16(7-9-17)19(20(26)24-18-10-11-18)27-21-23-12-13-25(21)14-15-4-2-1-3-5-15/h1-9,12-13,18-19H,10-11,14H2,(H,24,26). The number of thioether (sulfide) groups is 1. The molecular weight excluding hydrogens is 361 g/mol. The van der Waals surface area contributed by atoms with E-state index in [9.17, 15) is 9.18 Å². The second-order valence-electron chi connectivity index (χ2n) is 6.66. The van der Waals surface area contributed by atoms with E-state index in [0.717, 1.165) is 29.1 Å². The molecule has 0 saturated heterocycles. The van der Waals surface area contributed by atoms with Gasteiger partial charge in [0.2, 0.25) is 5.91 Å². The minimum atomic E-state index is -0.469. The third kappa shape index (κ3) is 4.57. The summed E-state index contributed by atoms with van der Waals surface area (Å²) in [5, 5.41) is 3.35. The number of imidazole rings is 1. The van der Waals surface area contributed by atoms with Crippen LogP contribution in [0, 0.1) is 5.82 Å². The van der Waals surface area contributed by atoms with Gasteiger partial charge in [-0.15, -0.1) is 0 Å². The first-order chi connectivity index (χ1) is 13.2. The van der Waals surface area contributed by atoms with Crippen LogP contribution in [0.1, 0.15) is 29.2 Å². The van der Waals surface area contributed by atoms with Gasteiger partial charge < -0.3 is 9.88 Å². The summed E-state index contributed by atoms with van der Waals surface area (Å²) in [5.41, 5.74) is 1.94. The monoisotopic (exact) mass is 381 g/mol. The van der Waals surface area contributed by atoms with E-state index in [1.165, 1.54) is 23.9 Å². The van der Waals surface area contributed by atoms with Crippen LogP contribution in [-0.4, -0.2) is 21.5 Å². The summed E-state index contributed by atoms with van der Waals surface area (Å²) in [6, 6.07) is 16.5. The molecule has 4 rings (SSSR count). The molecule has 1 aliphatic carbocycles. The van der Waals surface area contributed by atoms with Crippen LogP contribution >= 0.6 is 11.8 Å². The Bertz CT molecular complexity index is 907. The number of hydrogen-bond donors (Lipinski definition) is 1. The van der Waals surface area contributed by atoms with Crippen molar-refractivity contribution in [3.63, 3.8) is 0 Å². The van der Waals surface area contributed by atoms with Crippen LogP contribution < -0.4 is 5.32 Å². The molecule has 6 heteroatoms. The van der Waals surface area contributed by atoms with Crippen molar-refractivity contribution in [3.05, 3.63) is 83.9 Å². The van der Waals surface area contributed by atoms with E-state index in [-0.39, 0.29) is 17.8 Å². The van der Waals surface area contributed by atoms with Crippen molar-refractivity contribution >= 4 is 17.7 Å². The van der Waals surface area contributed by atoms with Gasteiger partial charge in [0, 0.05) is 25.0 Å². The number of nitrogens with zero attached hydrogens (tertiary/aromatic N) is 2. The Morgan fingerprint density at radius 3 is 2.63 bits per heavy atom. The number of rotatable bonds is 7. The lowest BCUT2D eigenvalue weighted by Crippen LogP contribution is -2.30. The lowest BCUT2D eigenvalue weighted by molar-refractivity contribution is -0.120. The molecular formula is C21H20FN3OS. The molecule has 1 atom stereocenters. The molecule has 2 aromatic carbocycles. The number of aromatic nitrogens is 2. The maximum Gasteiger partial charge on any atom is 0.238 e. The molecule has 138 valence electrons. The van der Waals surface area contributed by atoms with Gasteiger partial charge in [-0.25, -0.2) is 9.37 Å². The van der Waals surface area contributed by atoms with Gasteiger partial charge in [-0.2, -0.15) is 0 Å². The third-order valence-electron chi connectivity index (χ3n) is 4.43. The number of amides is 1. The molecule has 1 saturated carbocycles. The highest BCUT2D eigenvalue weighted by atomic mass is 32.2. The Morgan fingerprint density at radius 2 is 1.93 bits per heavy atom. The summed E-state index contributed by atoms with van der Waals surface area (Å²) in [4.78, 5) is 17.3. The van der Waals surface area contributed by atoms with Crippen LogP contribution in [0.15, 0.2) is 72.1 Å². The number of nitrogens with one attached hydrogen (secondary N) is 1. The first-order valence-electron chi connectivity index (χ1n) is 8.96. The number of benzene rings is 2. The van der Waals surface area contributed by atoms with Crippen molar-refractivity contribution in [2.75, 3.05) is 0 Å². The van der Waals surface area contributed by atoms with Crippen molar-refractivity contribution < 1.29 is 9.18 Å². The van der Waals surface area contributed by atoms with Gasteiger partial charge in [0.25, 0.3) is 0 Å². The second kappa shape index (κ2) is 7.96. The highest BCUT2D eigenvalue weighted by Crippen LogP contribution is 2.36. The maximum atomic E-state index is 13.3. The van der Waals surface area contributed by atoms with E-state index in [1.807, 2.05) is 29.0 Å². The second-order valence-corrected chi connectivity index (χ2v) is 7.73. The quantitative estimate of drug-likeness (QED) is 0.625. The molecule has 1 unspecified atom stereocenters. The van der Waals surface area contributed by atoms with E-state index in [1.54, 1.807) is 18.3 Å². The molecule has 1 aliphatic rings. The fourth-order valence-corrected chi connectivity index (χ4v) is 3.90. The highest BCUT2D eigenvalue weighted by molar-refractivity contribution is 8.00. The zero-order valence-corrected chi connectivity index (χ0v) is 15.5. The zero-order chi connectivity index (χ0) is 18.6. The van der Waals surface area contributed by atoms with Gasteiger partial charge >= 0.3 is 0 Å². The SMILES string of the molecule is O=C(NC1CC1)C(Sc1nccn1Cc1ccccc1)c1ccc(F)cc1. The summed E-state index contributed by atoms with van der Waals surface area (Å²) < 4.78 is 15.4. The Kier molecular flexibility index (Phi) is 5.25. The largest absolute Gasteiger partial charge is 0.352 e. The molecule has 0 spiro atoms. The Hall–Kier alpha value is -2.60. The van der Waals surface area contributed by atoms with Crippen molar-refractivity contribution in [1.82, 2.24) is 14.9 Å². The maximum absolute atomic E-state index is 13.3. The summed E-state index contributed by atoms with van der Waals surface area (Å²) in [6.07, 6.45) is 5.70. The fraction of sp³-hybridized carbons (Fsp3) is 0.238. The van der Waals surface area contributed by atoms with Crippen LogP contribution in [0.5, 0.6) is 0 Å². The van der Waals surface area contributed by atoms with Gasteiger partial charge in [0.05, 0.1) is 0 Å². The van der Waals surface area contributed by atoms with E-state index in [4.69, 9.17) is 0 Å². The number of halogens is 1. The minimum absolute atomic E-state index is 0.0524. The smallest absolute Gasteiger partial charge is 0.238 e. The summed E-state index contributed by atoms with van der Waals surface area (Å²) in [7, 11) is 0. The van der Waals surface area contributed by atoms with E-state index >= 15 is 0 Å².